The van der Waals surface area contributed by atoms with Gasteiger partial charge in [-0.2, -0.15) is 5.10 Å². The molecule has 0 saturated carbocycles. The van der Waals surface area contributed by atoms with Crippen LogP contribution in [0.1, 0.15) is 43.5 Å². The van der Waals surface area contributed by atoms with Gasteiger partial charge in [-0.3, -0.25) is 14.6 Å². The Kier molecular flexibility index (Phi) is 7.94. The maximum absolute atomic E-state index is 14.4. The first-order valence-corrected chi connectivity index (χ1v) is 15.7. The zero-order valence-electron chi connectivity index (χ0n) is 25.2. The molecule has 230 valence electrons. The summed E-state index contributed by atoms with van der Waals surface area (Å²) in [5.41, 5.74) is 4.50. The molecule has 0 bridgehead atoms. The van der Waals surface area contributed by atoms with Crippen LogP contribution in [0.5, 0.6) is 0 Å². The van der Waals surface area contributed by atoms with E-state index >= 15 is 0 Å². The molecule has 1 amide bonds. The minimum absolute atomic E-state index is 0.117. The summed E-state index contributed by atoms with van der Waals surface area (Å²) in [5.74, 6) is -0.141. The number of carbonyl (C=O) groups is 1. The number of nitrogens with one attached hydrogen (secondary N) is 1. The largest absolute Gasteiger partial charge is 0.381 e. The summed E-state index contributed by atoms with van der Waals surface area (Å²) in [5, 5.41) is 8.33. The number of halogens is 1. The third kappa shape index (κ3) is 5.57. The van der Waals surface area contributed by atoms with E-state index in [4.69, 9.17) is 14.6 Å². The lowest BCUT2D eigenvalue weighted by Crippen LogP contribution is -2.62. The lowest BCUT2D eigenvalue weighted by atomic mass is 9.78. The predicted octanol–water partition coefficient (Wildman–Crippen LogP) is 2.24. The maximum atomic E-state index is 14.4. The molecular formula is C32H42FN7O3. The van der Waals surface area contributed by atoms with Gasteiger partial charge in [0.05, 0.1) is 31.1 Å². The zero-order valence-corrected chi connectivity index (χ0v) is 25.2. The van der Waals surface area contributed by atoms with Crippen LogP contribution in [-0.4, -0.2) is 114 Å². The molecule has 1 spiro atoms. The molecule has 3 aromatic rings. The second-order valence-corrected chi connectivity index (χ2v) is 12.9. The Hall–Kier alpha value is -2.96. The number of rotatable bonds is 6. The Labute approximate surface area is 252 Å². The van der Waals surface area contributed by atoms with Crippen molar-refractivity contribution in [2.24, 2.45) is 0 Å². The van der Waals surface area contributed by atoms with E-state index in [0.717, 1.165) is 80.4 Å². The Bertz CT molecular complexity index is 1460. The lowest BCUT2D eigenvalue weighted by molar-refractivity contribution is -0.121. The van der Waals surface area contributed by atoms with Crippen LogP contribution in [0.4, 0.5) is 10.1 Å². The fourth-order valence-corrected chi connectivity index (χ4v) is 7.50. The van der Waals surface area contributed by atoms with Crippen LogP contribution < -0.4 is 10.2 Å². The number of piperazine rings is 1. The average Bonchev–Trinajstić information content (AvgIpc) is 3.61. The number of hydrogen-bond donors (Lipinski definition) is 1. The van der Waals surface area contributed by atoms with Gasteiger partial charge >= 0.3 is 0 Å². The van der Waals surface area contributed by atoms with E-state index in [-0.39, 0.29) is 23.2 Å². The highest BCUT2D eigenvalue weighted by Crippen LogP contribution is 2.47. The quantitative estimate of drug-likeness (QED) is 0.467. The fourth-order valence-electron chi connectivity index (χ4n) is 7.50. The number of benzene rings is 1. The van der Waals surface area contributed by atoms with Crippen LogP contribution in [0, 0.1) is 5.82 Å². The molecule has 3 atom stereocenters. The van der Waals surface area contributed by atoms with Gasteiger partial charge in [0.1, 0.15) is 12.1 Å². The number of nitrogens with zero attached hydrogens (tertiary/aromatic N) is 6. The molecule has 4 aliphatic heterocycles. The highest BCUT2D eigenvalue weighted by atomic mass is 19.1. The minimum atomic E-state index is -0.257. The molecule has 43 heavy (non-hydrogen) atoms. The van der Waals surface area contributed by atoms with Crippen molar-refractivity contribution in [2.45, 2.75) is 56.7 Å². The van der Waals surface area contributed by atoms with Crippen molar-refractivity contribution in [1.82, 2.24) is 29.7 Å². The van der Waals surface area contributed by atoms with E-state index in [1.165, 1.54) is 12.1 Å². The summed E-state index contributed by atoms with van der Waals surface area (Å²) >= 11 is 0. The molecule has 2 aromatic heterocycles. The van der Waals surface area contributed by atoms with Crippen molar-refractivity contribution < 1.29 is 18.7 Å². The topological polar surface area (TPSA) is 87.5 Å². The number of ether oxygens (including phenoxy) is 2. The first-order chi connectivity index (χ1) is 20.9. The second kappa shape index (κ2) is 11.9. The van der Waals surface area contributed by atoms with Gasteiger partial charge in [-0.05, 0) is 50.5 Å². The molecule has 0 unspecified atom stereocenters. The summed E-state index contributed by atoms with van der Waals surface area (Å²) in [6, 6.07) is 9.64. The third-order valence-electron chi connectivity index (χ3n) is 9.93. The first kappa shape index (κ1) is 28.8. The molecule has 11 heteroatoms. The van der Waals surface area contributed by atoms with E-state index in [9.17, 15) is 9.18 Å². The molecule has 10 nitrogen and oxygen atoms in total. The number of pyridine rings is 1. The summed E-state index contributed by atoms with van der Waals surface area (Å²) in [7, 11) is 0. The van der Waals surface area contributed by atoms with Crippen LogP contribution >= 0.6 is 0 Å². The molecule has 1 aromatic carbocycles. The monoisotopic (exact) mass is 591 g/mol. The van der Waals surface area contributed by atoms with Gasteiger partial charge in [0.25, 0.3) is 0 Å². The van der Waals surface area contributed by atoms with Gasteiger partial charge in [-0.1, -0.05) is 12.1 Å². The minimum Gasteiger partial charge on any atom is -0.381 e. The van der Waals surface area contributed by atoms with E-state index in [1.54, 1.807) is 18.5 Å². The summed E-state index contributed by atoms with van der Waals surface area (Å²) < 4.78 is 27.1. The molecular weight excluding hydrogens is 549 g/mol. The van der Waals surface area contributed by atoms with E-state index in [1.807, 2.05) is 9.42 Å². The number of carbonyl (C=O) groups excluding carboxylic acids is 1. The Morgan fingerprint density at radius 2 is 1.93 bits per heavy atom. The molecule has 1 N–H and O–H groups in total. The molecule has 6 heterocycles. The first-order valence-electron chi connectivity index (χ1n) is 15.7. The van der Waals surface area contributed by atoms with Crippen LogP contribution in [-0.2, 0) is 26.1 Å². The average molecular weight is 592 g/mol. The van der Waals surface area contributed by atoms with Crippen molar-refractivity contribution in [3.8, 4) is 0 Å². The highest BCUT2D eigenvalue weighted by Gasteiger charge is 2.48. The van der Waals surface area contributed by atoms with Crippen molar-refractivity contribution in [2.75, 3.05) is 70.6 Å². The van der Waals surface area contributed by atoms with Crippen LogP contribution in [0.15, 0.2) is 36.7 Å². The summed E-state index contributed by atoms with van der Waals surface area (Å²) in [6.45, 7) is 11.7. The van der Waals surface area contributed by atoms with Crippen molar-refractivity contribution in [3.05, 3.63) is 59.3 Å². The second-order valence-electron chi connectivity index (χ2n) is 12.9. The van der Waals surface area contributed by atoms with E-state index in [0.29, 0.717) is 44.8 Å². The smallest absolute Gasteiger partial charge is 0.241 e. The summed E-state index contributed by atoms with van der Waals surface area (Å²) in [4.78, 5) is 25.9. The van der Waals surface area contributed by atoms with Crippen molar-refractivity contribution >= 4 is 17.2 Å². The number of hydrogen-bond acceptors (Lipinski definition) is 8. The SMILES string of the molecule is C[C@@H]1CN(CC(=O)N2CC3(CCOCC3)c3c2cc(Cc2ccc(F)cc2)c2ncnn32)[C@@H](CN2CCOC[C@H]2C)CN1. The zero-order chi connectivity index (χ0) is 29.6. The number of morpholine rings is 1. The van der Waals surface area contributed by atoms with Crippen LogP contribution in [0.3, 0.4) is 0 Å². The van der Waals surface area contributed by atoms with E-state index in [2.05, 4.69) is 40.0 Å². The molecule has 0 aliphatic carbocycles. The Balaban J connectivity index is 1.21. The third-order valence-corrected chi connectivity index (χ3v) is 9.93. The fraction of sp³-hybridized carbons (Fsp3) is 0.594. The van der Waals surface area contributed by atoms with Crippen LogP contribution in [0.25, 0.3) is 5.65 Å². The van der Waals surface area contributed by atoms with Crippen LogP contribution in [0.2, 0.25) is 0 Å². The van der Waals surface area contributed by atoms with E-state index < -0.39 is 0 Å². The van der Waals surface area contributed by atoms with Gasteiger partial charge in [0.15, 0.2) is 5.65 Å². The molecule has 3 fully saturated rings. The Morgan fingerprint density at radius 1 is 1.12 bits per heavy atom. The van der Waals surface area contributed by atoms with Gasteiger partial charge in [-0.15, -0.1) is 0 Å². The number of aromatic nitrogens is 3. The van der Waals surface area contributed by atoms with Gasteiger partial charge in [0.2, 0.25) is 5.91 Å². The molecule has 7 rings (SSSR count). The molecule has 4 aliphatic rings. The highest BCUT2D eigenvalue weighted by molar-refractivity contribution is 5.98. The van der Waals surface area contributed by atoms with Crippen molar-refractivity contribution in [3.63, 3.8) is 0 Å². The number of amides is 1. The number of fused-ring (bicyclic) bond motifs is 4. The van der Waals surface area contributed by atoms with Gasteiger partial charge in [0, 0.05) is 81.5 Å². The lowest BCUT2D eigenvalue weighted by Gasteiger charge is -2.43. The van der Waals surface area contributed by atoms with Gasteiger partial charge < -0.3 is 19.7 Å². The summed E-state index contributed by atoms with van der Waals surface area (Å²) in [6.07, 6.45) is 3.83. The molecule has 3 saturated heterocycles. The maximum Gasteiger partial charge on any atom is 0.241 e. The normalized spacial score (nSPS) is 26.3. The number of anilines is 1. The molecule has 0 radical (unpaired) electrons. The Morgan fingerprint density at radius 3 is 2.72 bits per heavy atom. The van der Waals surface area contributed by atoms with Gasteiger partial charge in [-0.25, -0.2) is 13.9 Å². The van der Waals surface area contributed by atoms with Crippen molar-refractivity contribution in [1.29, 1.82) is 0 Å². The standard InChI is InChI=1S/C32H42FN7O3/c1-22-16-38(27(15-34-22)17-37-9-12-43-19-23(37)2)18-29(41)39-20-32(7-10-42-11-8-32)30-28(39)14-25(31-35-21-36-40(30)31)13-24-3-5-26(33)6-4-24/h3-6,14,21-23,27,34H,7-13,15-20H2,1-2H3/t22-,23-,27-/m1/s1. The predicted molar refractivity (Wildman–Crippen MR) is 161 cm³/mol.